The number of thioether (sulfide) groups is 1. The molecule has 0 aliphatic heterocycles. The molecule has 0 radical (unpaired) electrons. The molecular formula is C19H19N5O3S2. The summed E-state index contributed by atoms with van der Waals surface area (Å²) in [5, 5.41) is 16.4. The number of urea groups is 1. The minimum absolute atomic E-state index is 0.138. The third kappa shape index (κ3) is 6.47. The Hall–Kier alpha value is -3.11. The second kappa shape index (κ2) is 9.89. The standard InChI is InChI=1S/C19H19N5O3S2/c1-12-3-5-13(6-4-12)20-16(25)11-28-19-24-23-18(29-19)22-17(26)21-14-7-9-15(27-2)10-8-14/h3-10H,11H2,1-2H3,(H,20,25)(H2,21,22,23,26). The van der Waals surface area contributed by atoms with E-state index in [1.807, 2.05) is 31.2 Å². The summed E-state index contributed by atoms with van der Waals surface area (Å²) in [5.41, 5.74) is 2.49. The zero-order chi connectivity index (χ0) is 20.6. The van der Waals surface area contributed by atoms with Crippen molar-refractivity contribution >= 4 is 51.5 Å². The molecule has 1 aromatic heterocycles. The Morgan fingerprint density at radius 1 is 0.966 bits per heavy atom. The predicted octanol–water partition coefficient (Wildman–Crippen LogP) is 4.23. The van der Waals surface area contributed by atoms with Gasteiger partial charge < -0.3 is 15.4 Å². The lowest BCUT2D eigenvalue weighted by Crippen LogP contribution is -2.19. The highest BCUT2D eigenvalue weighted by molar-refractivity contribution is 8.01. The summed E-state index contributed by atoms with van der Waals surface area (Å²) in [6, 6.07) is 14.1. The number of hydrogen-bond donors (Lipinski definition) is 3. The van der Waals surface area contributed by atoms with E-state index in [2.05, 4.69) is 26.1 Å². The molecule has 0 unspecified atom stereocenters. The molecule has 0 saturated carbocycles. The molecule has 3 aromatic rings. The molecule has 0 atom stereocenters. The number of rotatable bonds is 7. The van der Waals surface area contributed by atoms with Crippen LogP contribution in [-0.4, -0.2) is 35.0 Å². The van der Waals surface area contributed by atoms with Crippen molar-refractivity contribution < 1.29 is 14.3 Å². The van der Waals surface area contributed by atoms with Crippen molar-refractivity contribution in [3.8, 4) is 5.75 Å². The van der Waals surface area contributed by atoms with Crippen LogP contribution >= 0.6 is 23.1 Å². The second-order valence-electron chi connectivity index (χ2n) is 5.88. The number of methoxy groups -OCH3 is 1. The zero-order valence-corrected chi connectivity index (χ0v) is 17.4. The molecule has 29 heavy (non-hydrogen) atoms. The van der Waals surface area contributed by atoms with Crippen LogP contribution in [0.3, 0.4) is 0 Å². The second-order valence-corrected chi connectivity index (χ2v) is 8.08. The Balaban J connectivity index is 1.45. The van der Waals surface area contributed by atoms with Crippen LogP contribution in [-0.2, 0) is 4.79 Å². The molecule has 3 N–H and O–H groups in total. The van der Waals surface area contributed by atoms with Gasteiger partial charge in [0.15, 0.2) is 4.34 Å². The molecule has 0 aliphatic carbocycles. The maximum atomic E-state index is 12.1. The topological polar surface area (TPSA) is 105 Å². The first-order chi connectivity index (χ1) is 14.0. The van der Waals surface area contributed by atoms with Gasteiger partial charge in [0.25, 0.3) is 0 Å². The largest absolute Gasteiger partial charge is 0.497 e. The zero-order valence-electron chi connectivity index (χ0n) is 15.8. The van der Waals surface area contributed by atoms with Gasteiger partial charge in [-0.25, -0.2) is 4.79 Å². The van der Waals surface area contributed by atoms with Crippen LogP contribution in [0.15, 0.2) is 52.9 Å². The number of ether oxygens (including phenoxy) is 1. The first kappa shape index (κ1) is 20.6. The van der Waals surface area contributed by atoms with Gasteiger partial charge >= 0.3 is 6.03 Å². The number of benzene rings is 2. The molecule has 8 nitrogen and oxygen atoms in total. The Bertz CT molecular complexity index is 974. The molecule has 0 saturated heterocycles. The lowest BCUT2D eigenvalue weighted by Gasteiger charge is -2.06. The average molecular weight is 430 g/mol. The fourth-order valence-corrected chi connectivity index (χ4v) is 3.76. The SMILES string of the molecule is COc1ccc(NC(=O)Nc2nnc(SCC(=O)Nc3ccc(C)cc3)s2)cc1. The van der Waals surface area contributed by atoms with Crippen LogP contribution in [0.2, 0.25) is 0 Å². The van der Waals surface area contributed by atoms with Gasteiger partial charge in [-0.3, -0.25) is 10.1 Å². The van der Waals surface area contributed by atoms with E-state index in [9.17, 15) is 9.59 Å². The maximum Gasteiger partial charge on any atom is 0.325 e. The minimum Gasteiger partial charge on any atom is -0.497 e. The van der Waals surface area contributed by atoms with Gasteiger partial charge in [-0.15, -0.1) is 10.2 Å². The molecule has 1 heterocycles. The number of anilines is 3. The first-order valence-corrected chi connectivity index (χ1v) is 10.4. The minimum atomic E-state index is -0.431. The van der Waals surface area contributed by atoms with Gasteiger partial charge in [-0.1, -0.05) is 40.8 Å². The number of hydrogen-bond acceptors (Lipinski definition) is 7. The van der Waals surface area contributed by atoms with Crippen LogP contribution in [0.5, 0.6) is 5.75 Å². The van der Waals surface area contributed by atoms with Crippen molar-refractivity contribution in [3.05, 3.63) is 54.1 Å². The number of carbonyl (C=O) groups is 2. The van der Waals surface area contributed by atoms with Crippen LogP contribution < -0.4 is 20.7 Å². The van der Waals surface area contributed by atoms with E-state index in [-0.39, 0.29) is 11.7 Å². The smallest absolute Gasteiger partial charge is 0.325 e. The van der Waals surface area contributed by atoms with Crippen molar-refractivity contribution in [2.45, 2.75) is 11.3 Å². The molecule has 0 bridgehead atoms. The molecule has 3 rings (SSSR count). The number of carbonyl (C=O) groups excluding carboxylic acids is 2. The molecule has 3 amide bonds. The van der Waals surface area contributed by atoms with Crippen LogP contribution in [0.25, 0.3) is 0 Å². The first-order valence-electron chi connectivity index (χ1n) is 8.57. The third-order valence-corrected chi connectivity index (χ3v) is 5.61. The van der Waals surface area contributed by atoms with Crippen LogP contribution in [0.4, 0.5) is 21.3 Å². The molecular weight excluding hydrogens is 410 g/mol. The summed E-state index contributed by atoms with van der Waals surface area (Å²) < 4.78 is 5.66. The van der Waals surface area contributed by atoms with Crippen LogP contribution in [0.1, 0.15) is 5.56 Å². The summed E-state index contributed by atoms with van der Waals surface area (Å²) in [7, 11) is 1.58. The van der Waals surface area contributed by atoms with Gasteiger partial charge in [0.1, 0.15) is 5.75 Å². The fraction of sp³-hybridized carbons (Fsp3) is 0.158. The van der Waals surface area contributed by atoms with E-state index in [0.717, 1.165) is 11.3 Å². The van der Waals surface area contributed by atoms with E-state index in [0.29, 0.717) is 20.9 Å². The molecule has 2 aromatic carbocycles. The Morgan fingerprint density at radius 2 is 1.62 bits per heavy atom. The summed E-state index contributed by atoms with van der Waals surface area (Å²) in [6.45, 7) is 1.99. The summed E-state index contributed by atoms with van der Waals surface area (Å²) in [5.74, 6) is 0.759. The van der Waals surface area contributed by atoms with E-state index in [1.165, 1.54) is 23.1 Å². The van der Waals surface area contributed by atoms with Crippen molar-refractivity contribution in [1.29, 1.82) is 0 Å². The lowest BCUT2D eigenvalue weighted by molar-refractivity contribution is -0.113. The quantitative estimate of drug-likeness (QED) is 0.383. The van der Waals surface area contributed by atoms with Crippen LogP contribution in [0, 0.1) is 6.92 Å². The molecule has 0 fully saturated rings. The van der Waals surface area contributed by atoms with E-state index in [4.69, 9.17) is 4.74 Å². The highest BCUT2D eigenvalue weighted by Crippen LogP contribution is 2.26. The van der Waals surface area contributed by atoms with Gasteiger partial charge in [-0.2, -0.15) is 0 Å². The number of nitrogens with zero attached hydrogens (tertiary/aromatic N) is 2. The predicted molar refractivity (Wildman–Crippen MR) is 116 cm³/mol. The number of aromatic nitrogens is 2. The van der Waals surface area contributed by atoms with Crippen molar-refractivity contribution in [2.24, 2.45) is 0 Å². The molecule has 0 aliphatic rings. The fourth-order valence-electron chi connectivity index (χ4n) is 2.21. The number of nitrogens with one attached hydrogen (secondary N) is 3. The van der Waals surface area contributed by atoms with Gasteiger partial charge in [0.2, 0.25) is 11.0 Å². The lowest BCUT2D eigenvalue weighted by atomic mass is 10.2. The Morgan fingerprint density at radius 3 is 2.31 bits per heavy atom. The summed E-state index contributed by atoms with van der Waals surface area (Å²) in [4.78, 5) is 24.1. The number of amides is 3. The third-order valence-electron chi connectivity index (χ3n) is 3.64. The molecule has 0 spiro atoms. The monoisotopic (exact) mass is 429 g/mol. The van der Waals surface area contributed by atoms with E-state index < -0.39 is 6.03 Å². The van der Waals surface area contributed by atoms with E-state index >= 15 is 0 Å². The van der Waals surface area contributed by atoms with Gasteiger partial charge in [0.05, 0.1) is 12.9 Å². The number of aryl methyl sites for hydroxylation is 1. The van der Waals surface area contributed by atoms with Crippen molar-refractivity contribution in [1.82, 2.24) is 10.2 Å². The average Bonchev–Trinajstić information content (AvgIpc) is 3.16. The van der Waals surface area contributed by atoms with Crippen molar-refractivity contribution in [3.63, 3.8) is 0 Å². The normalized spacial score (nSPS) is 10.3. The highest BCUT2D eigenvalue weighted by atomic mass is 32.2. The highest BCUT2D eigenvalue weighted by Gasteiger charge is 2.11. The summed E-state index contributed by atoms with van der Waals surface area (Å²) in [6.07, 6.45) is 0. The molecule has 150 valence electrons. The van der Waals surface area contributed by atoms with Gasteiger partial charge in [-0.05, 0) is 43.3 Å². The maximum absolute atomic E-state index is 12.1. The Kier molecular flexibility index (Phi) is 7.04. The summed E-state index contributed by atoms with van der Waals surface area (Å²) >= 11 is 2.45. The van der Waals surface area contributed by atoms with E-state index in [1.54, 1.807) is 31.4 Å². The van der Waals surface area contributed by atoms with Crippen molar-refractivity contribution in [2.75, 3.05) is 28.8 Å². The Labute approximate surface area is 176 Å². The molecule has 10 heteroatoms. The van der Waals surface area contributed by atoms with Gasteiger partial charge in [0, 0.05) is 11.4 Å².